The summed E-state index contributed by atoms with van der Waals surface area (Å²) in [4.78, 5) is 5.87. The summed E-state index contributed by atoms with van der Waals surface area (Å²) in [6, 6.07) is 3.17. The third kappa shape index (κ3) is 3.74. The first-order valence-corrected chi connectivity index (χ1v) is 7.08. The van der Waals surface area contributed by atoms with Crippen molar-refractivity contribution < 1.29 is 8.42 Å². The molecule has 1 aromatic heterocycles. The van der Waals surface area contributed by atoms with Crippen molar-refractivity contribution in [1.29, 1.82) is 0 Å². The highest BCUT2D eigenvalue weighted by Gasteiger charge is 2.21. The van der Waals surface area contributed by atoms with Crippen molar-refractivity contribution in [3.63, 3.8) is 0 Å². The number of likely N-dealkylation sites (N-methyl/N-ethyl adjacent to an activating group) is 2. The molecule has 0 bridgehead atoms. The zero-order valence-corrected chi connectivity index (χ0v) is 11.8. The second-order valence-corrected chi connectivity index (χ2v) is 6.33. The molecule has 0 amide bonds. The van der Waals surface area contributed by atoms with Gasteiger partial charge in [-0.2, -0.15) is 4.31 Å². The second kappa shape index (κ2) is 6.24. The topological polar surface area (TPSA) is 79.5 Å². The van der Waals surface area contributed by atoms with Gasteiger partial charge < -0.3 is 10.6 Å². The summed E-state index contributed by atoms with van der Waals surface area (Å²) >= 11 is 0. The van der Waals surface area contributed by atoms with Crippen LogP contribution in [0.1, 0.15) is 5.56 Å². The summed E-state index contributed by atoms with van der Waals surface area (Å²) in [6.07, 6.45) is 1.49. The number of nitrogens with zero attached hydrogens (tertiary/aromatic N) is 3. The summed E-state index contributed by atoms with van der Waals surface area (Å²) in [5.74, 6) is 0. The predicted octanol–water partition coefficient (Wildman–Crippen LogP) is -0.278. The molecule has 0 atom stereocenters. The van der Waals surface area contributed by atoms with E-state index in [2.05, 4.69) is 4.98 Å². The summed E-state index contributed by atoms with van der Waals surface area (Å²) in [7, 11) is 1.84. The first kappa shape index (κ1) is 15.0. The lowest BCUT2D eigenvalue weighted by Crippen LogP contribution is -2.33. The Morgan fingerprint density at radius 3 is 2.33 bits per heavy atom. The number of nitrogens with two attached hydrogens (primary N) is 1. The van der Waals surface area contributed by atoms with Crippen LogP contribution >= 0.6 is 0 Å². The maximum Gasteiger partial charge on any atom is 0.260 e. The Morgan fingerprint density at radius 2 is 1.89 bits per heavy atom. The minimum Gasteiger partial charge on any atom is -0.326 e. The molecule has 6 nitrogen and oxygen atoms in total. The van der Waals surface area contributed by atoms with E-state index in [4.69, 9.17) is 5.73 Å². The van der Waals surface area contributed by atoms with Gasteiger partial charge in [-0.3, -0.25) is 0 Å². The molecule has 0 saturated carbocycles. The highest BCUT2D eigenvalue weighted by atomic mass is 32.2. The maximum absolute atomic E-state index is 12.2. The van der Waals surface area contributed by atoms with Gasteiger partial charge in [0.25, 0.3) is 10.0 Å². The van der Waals surface area contributed by atoms with Crippen molar-refractivity contribution in [2.45, 2.75) is 11.6 Å². The van der Waals surface area contributed by atoms with Crippen LogP contribution in [0.2, 0.25) is 0 Å². The molecule has 1 heterocycles. The number of hydrogen-bond donors (Lipinski definition) is 1. The molecule has 102 valence electrons. The van der Waals surface area contributed by atoms with E-state index < -0.39 is 10.0 Å². The van der Waals surface area contributed by atoms with Gasteiger partial charge in [-0.15, -0.1) is 0 Å². The van der Waals surface area contributed by atoms with Crippen LogP contribution < -0.4 is 5.73 Å². The van der Waals surface area contributed by atoms with Crippen molar-refractivity contribution in [2.24, 2.45) is 5.73 Å². The first-order chi connectivity index (χ1) is 8.37. The highest BCUT2D eigenvalue weighted by Crippen LogP contribution is 2.11. The molecule has 0 aliphatic carbocycles. The van der Waals surface area contributed by atoms with Crippen LogP contribution in [0, 0.1) is 0 Å². The van der Waals surface area contributed by atoms with Gasteiger partial charge in [0, 0.05) is 32.9 Å². The van der Waals surface area contributed by atoms with E-state index >= 15 is 0 Å². The van der Waals surface area contributed by atoms with Crippen molar-refractivity contribution in [3.8, 4) is 0 Å². The van der Waals surface area contributed by atoms with E-state index in [1.54, 1.807) is 13.1 Å². The molecule has 0 aliphatic heterocycles. The van der Waals surface area contributed by atoms with Gasteiger partial charge in [0.1, 0.15) is 0 Å². The predicted molar refractivity (Wildman–Crippen MR) is 70.5 cm³/mol. The van der Waals surface area contributed by atoms with Crippen LogP contribution in [0.5, 0.6) is 0 Å². The lowest BCUT2D eigenvalue weighted by Gasteiger charge is -2.18. The van der Waals surface area contributed by atoms with Crippen LogP contribution in [-0.4, -0.2) is 56.8 Å². The van der Waals surface area contributed by atoms with Gasteiger partial charge in [-0.25, -0.2) is 13.4 Å². The van der Waals surface area contributed by atoms with Crippen LogP contribution in [0.4, 0.5) is 0 Å². The van der Waals surface area contributed by atoms with Gasteiger partial charge in [-0.1, -0.05) is 6.07 Å². The smallest absolute Gasteiger partial charge is 0.260 e. The molecule has 7 heteroatoms. The van der Waals surface area contributed by atoms with Crippen LogP contribution in [0.15, 0.2) is 23.4 Å². The summed E-state index contributed by atoms with van der Waals surface area (Å²) < 4.78 is 25.6. The van der Waals surface area contributed by atoms with Gasteiger partial charge in [0.2, 0.25) is 0 Å². The summed E-state index contributed by atoms with van der Waals surface area (Å²) in [6.45, 7) is 1.44. The molecule has 0 aliphatic rings. The number of pyridine rings is 1. The lowest BCUT2D eigenvalue weighted by molar-refractivity contribution is 0.358. The largest absolute Gasteiger partial charge is 0.326 e. The minimum absolute atomic E-state index is 0.0564. The lowest BCUT2D eigenvalue weighted by atomic mass is 10.3. The Kier molecular flexibility index (Phi) is 5.21. The monoisotopic (exact) mass is 272 g/mol. The maximum atomic E-state index is 12.2. The zero-order valence-electron chi connectivity index (χ0n) is 11.0. The number of hydrogen-bond acceptors (Lipinski definition) is 5. The molecule has 0 unspecified atom stereocenters. The summed E-state index contributed by atoms with van der Waals surface area (Å²) in [5, 5.41) is 0.0564. The highest BCUT2D eigenvalue weighted by molar-refractivity contribution is 7.89. The number of sulfonamides is 1. The molecular weight excluding hydrogens is 252 g/mol. The van der Waals surface area contributed by atoms with Crippen molar-refractivity contribution >= 4 is 10.0 Å². The molecule has 0 fully saturated rings. The normalized spacial score (nSPS) is 12.3. The molecule has 0 spiro atoms. The molecule has 0 aromatic carbocycles. The SMILES string of the molecule is CN(C)CCN(C)S(=O)(=O)c1ccc(CN)cn1. The average Bonchev–Trinajstić information content (AvgIpc) is 2.35. The standard InChI is InChI=1S/C11H20N4O2S/c1-14(2)6-7-15(3)18(16,17)11-5-4-10(8-12)9-13-11/h4-5,9H,6-8,12H2,1-3H3. The molecule has 1 aromatic rings. The van der Waals surface area contributed by atoms with E-state index in [9.17, 15) is 8.42 Å². The molecule has 1 rings (SSSR count). The Hall–Kier alpha value is -1.02. The first-order valence-electron chi connectivity index (χ1n) is 5.64. The Bertz CT molecular complexity index is 470. The number of rotatable bonds is 6. The van der Waals surface area contributed by atoms with Crippen molar-refractivity contribution in [1.82, 2.24) is 14.2 Å². The fourth-order valence-corrected chi connectivity index (χ4v) is 2.37. The second-order valence-electron chi connectivity index (χ2n) is 4.34. The van der Waals surface area contributed by atoms with Gasteiger partial charge in [0.15, 0.2) is 5.03 Å². The number of aromatic nitrogens is 1. The molecule has 2 N–H and O–H groups in total. The fourth-order valence-electron chi connectivity index (χ4n) is 1.30. The minimum atomic E-state index is -3.50. The molecule has 0 saturated heterocycles. The van der Waals surface area contributed by atoms with Crippen LogP contribution in [0.25, 0.3) is 0 Å². The molecular formula is C11H20N4O2S. The van der Waals surface area contributed by atoms with Gasteiger partial charge in [0.05, 0.1) is 0 Å². The van der Waals surface area contributed by atoms with E-state index in [1.165, 1.54) is 16.6 Å². The van der Waals surface area contributed by atoms with Gasteiger partial charge >= 0.3 is 0 Å². The Balaban J connectivity index is 2.84. The van der Waals surface area contributed by atoms with Crippen molar-refractivity contribution in [3.05, 3.63) is 23.9 Å². The fraction of sp³-hybridized carbons (Fsp3) is 0.545. The third-order valence-corrected chi connectivity index (χ3v) is 4.34. The van der Waals surface area contributed by atoms with Crippen LogP contribution in [-0.2, 0) is 16.6 Å². The zero-order chi connectivity index (χ0) is 13.8. The average molecular weight is 272 g/mol. The molecule has 0 radical (unpaired) electrons. The summed E-state index contributed by atoms with van der Waals surface area (Å²) in [5.41, 5.74) is 6.25. The van der Waals surface area contributed by atoms with Gasteiger partial charge in [-0.05, 0) is 25.7 Å². The Labute approximate surface area is 108 Å². The molecule has 18 heavy (non-hydrogen) atoms. The third-order valence-electron chi connectivity index (χ3n) is 2.57. The quantitative estimate of drug-likeness (QED) is 0.770. The van der Waals surface area contributed by atoms with E-state index in [0.717, 1.165) is 5.56 Å². The van der Waals surface area contributed by atoms with Crippen LogP contribution in [0.3, 0.4) is 0 Å². The Morgan fingerprint density at radius 1 is 1.22 bits per heavy atom. The van der Waals surface area contributed by atoms with E-state index in [0.29, 0.717) is 19.6 Å². The van der Waals surface area contributed by atoms with Crippen molar-refractivity contribution in [2.75, 3.05) is 34.2 Å². The van der Waals surface area contributed by atoms with E-state index in [1.807, 2.05) is 19.0 Å². The van der Waals surface area contributed by atoms with E-state index in [-0.39, 0.29) is 5.03 Å².